The van der Waals surface area contributed by atoms with Crippen molar-refractivity contribution in [3.63, 3.8) is 0 Å². The van der Waals surface area contributed by atoms with E-state index in [4.69, 9.17) is 9.47 Å². The Kier molecular flexibility index (Phi) is 10.3. The predicted molar refractivity (Wildman–Crippen MR) is 121 cm³/mol. The van der Waals surface area contributed by atoms with Crippen LogP contribution in [0.15, 0.2) is 23.1 Å². The highest BCUT2D eigenvalue weighted by Crippen LogP contribution is 2.32. The first-order valence-electron chi connectivity index (χ1n) is 10.6. The van der Waals surface area contributed by atoms with E-state index in [1.165, 1.54) is 12.1 Å². The lowest BCUT2D eigenvalue weighted by Gasteiger charge is -2.22. The van der Waals surface area contributed by atoms with Gasteiger partial charge in [0.2, 0.25) is 15.9 Å². The van der Waals surface area contributed by atoms with Crippen molar-refractivity contribution in [3.8, 4) is 11.5 Å². The summed E-state index contributed by atoms with van der Waals surface area (Å²) in [6, 6.07) is 3.68. The molecule has 30 heavy (non-hydrogen) atoms. The summed E-state index contributed by atoms with van der Waals surface area (Å²) in [7, 11) is -3.88. The van der Waals surface area contributed by atoms with E-state index in [1.807, 2.05) is 6.26 Å². The molecule has 1 heterocycles. The van der Waals surface area contributed by atoms with Crippen LogP contribution in [-0.2, 0) is 14.8 Å². The number of unbranched alkanes of at least 4 members (excludes halogenated alkanes) is 1. The third-order valence-electron chi connectivity index (χ3n) is 5.16. The number of fused-ring (bicyclic) bond motifs is 1. The summed E-state index contributed by atoms with van der Waals surface area (Å²) < 4.78 is 39.4. The Morgan fingerprint density at radius 2 is 1.90 bits per heavy atom. The number of rotatable bonds is 13. The van der Waals surface area contributed by atoms with Crippen LogP contribution >= 0.6 is 11.8 Å². The lowest BCUT2D eigenvalue weighted by Crippen LogP contribution is -2.48. The number of thioether (sulfide) groups is 1. The fourth-order valence-corrected chi connectivity index (χ4v) is 4.95. The van der Waals surface area contributed by atoms with Crippen molar-refractivity contribution in [1.29, 1.82) is 0 Å². The van der Waals surface area contributed by atoms with E-state index in [0.717, 1.165) is 25.7 Å². The molecule has 0 aromatic heterocycles. The normalized spacial score (nSPS) is 15.4. The monoisotopic (exact) mass is 458 g/mol. The fraction of sp³-hybridized carbons (Fsp3) is 0.667. The van der Waals surface area contributed by atoms with E-state index in [2.05, 4.69) is 23.9 Å². The zero-order valence-corrected chi connectivity index (χ0v) is 19.7. The topological polar surface area (TPSA) is 93.7 Å². The molecule has 1 aliphatic heterocycles. The number of sulfonamides is 1. The molecule has 0 saturated carbocycles. The van der Waals surface area contributed by atoms with Crippen molar-refractivity contribution in [2.45, 2.75) is 56.9 Å². The van der Waals surface area contributed by atoms with E-state index in [9.17, 15) is 13.2 Å². The van der Waals surface area contributed by atoms with Gasteiger partial charge in [-0.2, -0.15) is 16.5 Å². The summed E-state index contributed by atoms with van der Waals surface area (Å²) in [6.07, 6.45) is 6.65. The van der Waals surface area contributed by atoms with Gasteiger partial charge in [0.05, 0.1) is 4.90 Å². The maximum atomic E-state index is 12.9. The first kappa shape index (κ1) is 24.8. The molecule has 2 rings (SSSR count). The molecule has 1 aromatic rings. The Bertz CT molecular complexity index is 786. The highest BCUT2D eigenvalue weighted by molar-refractivity contribution is 7.98. The summed E-state index contributed by atoms with van der Waals surface area (Å²) in [6.45, 7) is 5.64. The fourth-order valence-electron chi connectivity index (χ4n) is 3.24. The largest absolute Gasteiger partial charge is 0.486 e. The summed E-state index contributed by atoms with van der Waals surface area (Å²) in [5.41, 5.74) is 0. The summed E-state index contributed by atoms with van der Waals surface area (Å²) in [4.78, 5) is 12.9. The Labute approximate surface area is 184 Å². The standard InChI is InChI=1S/C21H34N2O5S2/c1-4-6-7-16(5-2)15-22-21(24)18(10-13-29-3)23-30(25,26)17-8-9-19-20(14-17)28-12-11-27-19/h8-9,14,16,18,23H,4-7,10-13,15H2,1-3H3,(H,22,24)/t16-,18-/m1/s1. The molecule has 0 radical (unpaired) electrons. The molecule has 170 valence electrons. The molecule has 2 N–H and O–H groups in total. The zero-order valence-electron chi connectivity index (χ0n) is 18.1. The summed E-state index contributed by atoms with van der Waals surface area (Å²) in [5.74, 6) is 1.73. The lowest BCUT2D eigenvalue weighted by atomic mass is 9.99. The number of benzene rings is 1. The quantitative estimate of drug-likeness (QED) is 0.472. The average molecular weight is 459 g/mol. The highest BCUT2D eigenvalue weighted by atomic mass is 32.2. The number of nitrogens with one attached hydrogen (secondary N) is 2. The molecule has 0 saturated heterocycles. The Morgan fingerprint density at radius 3 is 2.57 bits per heavy atom. The number of hydrogen-bond acceptors (Lipinski definition) is 6. The van der Waals surface area contributed by atoms with Gasteiger partial charge in [0.25, 0.3) is 0 Å². The second-order valence-electron chi connectivity index (χ2n) is 7.42. The van der Waals surface area contributed by atoms with E-state index < -0.39 is 16.1 Å². The molecular weight excluding hydrogens is 424 g/mol. The molecular formula is C21H34N2O5S2. The molecule has 7 nitrogen and oxygen atoms in total. The van der Waals surface area contributed by atoms with Crippen LogP contribution in [0.2, 0.25) is 0 Å². The van der Waals surface area contributed by atoms with Crippen LogP contribution in [0.3, 0.4) is 0 Å². The number of carbonyl (C=O) groups excluding carboxylic acids is 1. The Balaban J connectivity index is 2.07. The lowest BCUT2D eigenvalue weighted by molar-refractivity contribution is -0.122. The molecule has 2 atom stereocenters. The van der Waals surface area contributed by atoms with Crippen LogP contribution in [0, 0.1) is 5.92 Å². The predicted octanol–water partition coefficient (Wildman–Crippen LogP) is 3.19. The molecule has 0 bridgehead atoms. The Morgan fingerprint density at radius 1 is 1.17 bits per heavy atom. The van der Waals surface area contributed by atoms with E-state index in [1.54, 1.807) is 17.8 Å². The van der Waals surface area contributed by atoms with Gasteiger partial charge in [-0.3, -0.25) is 4.79 Å². The first-order valence-corrected chi connectivity index (χ1v) is 13.5. The second kappa shape index (κ2) is 12.4. The molecule has 1 aliphatic rings. The maximum absolute atomic E-state index is 12.9. The van der Waals surface area contributed by atoms with Crippen molar-refractivity contribution in [2.24, 2.45) is 5.92 Å². The highest BCUT2D eigenvalue weighted by Gasteiger charge is 2.27. The van der Waals surface area contributed by atoms with Crippen molar-refractivity contribution in [3.05, 3.63) is 18.2 Å². The van der Waals surface area contributed by atoms with Crippen LogP contribution in [0.5, 0.6) is 11.5 Å². The van der Waals surface area contributed by atoms with Crippen LogP contribution in [0.1, 0.15) is 46.0 Å². The minimum atomic E-state index is -3.88. The molecule has 0 spiro atoms. The third kappa shape index (κ3) is 7.35. The molecule has 1 aromatic carbocycles. The van der Waals surface area contributed by atoms with Gasteiger partial charge in [0, 0.05) is 12.6 Å². The van der Waals surface area contributed by atoms with Crippen LogP contribution in [0.25, 0.3) is 0 Å². The average Bonchev–Trinajstić information content (AvgIpc) is 2.76. The molecule has 9 heteroatoms. The van der Waals surface area contributed by atoms with E-state index in [0.29, 0.717) is 49.3 Å². The van der Waals surface area contributed by atoms with Crippen molar-refractivity contribution in [1.82, 2.24) is 10.0 Å². The van der Waals surface area contributed by atoms with Gasteiger partial charge in [0.1, 0.15) is 19.3 Å². The van der Waals surface area contributed by atoms with Gasteiger partial charge in [-0.05, 0) is 42.9 Å². The first-order chi connectivity index (χ1) is 14.4. The van der Waals surface area contributed by atoms with Gasteiger partial charge in [-0.25, -0.2) is 8.42 Å². The number of ether oxygens (including phenoxy) is 2. The Hall–Kier alpha value is -1.45. The molecule has 0 aliphatic carbocycles. The SMILES string of the molecule is CCCC[C@@H](CC)CNC(=O)[C@@H](CCSC)NS(=O)(=O)c1ccc2c(c1)OCCO2. The van der Waals surface area contributed by atoms with Gasteiger partial charge in [0.15, 0.2) is 11.5 Å². The van der Waals surface area contributed by atoms with Crippen LogP contribution in [-0.4, -0.2) is 52.1 Å². The van der Waals surface area contributed by atoms with Gasteiger partial charge < -0.3 is 14.8 Å². The van der Waals surface area contributed by atoms with Crippen molar-refractivity contribution >= 4 is 27.7 Å². The van der Waals surface area contributed by atoms with Crippen molar-refractivity contribution < 1.29 is 22.7 Å². The minimum Gasteiger partial charge on any atom is -0.486 e. The van der Waals surface area contributed by atoms with E-state index in [-0.39, 0.29) is 10.8 Å². The number of hydrogen-bond donors (Lipinski definition) is 2. The molecule has 0 unspecified atom stereocenters. The van der Waals surface area contributed by atoms with Crippen LogP contribution < -0.4 is 19.5 Å². The van der Waals surface area contributed by atoms with Gasteiger partial charge in [-0.1, -0.05) is 33.1 Å². The van der Waals surface area contributed by atoms with Crippen molar-refractivity contribution in [2.75, 3.05) is 31.8 Å². The van der Waals surface area contributed by atoms with Crippen LogP contribution in [0.4, 0.5) is 0 Å². The van der Waals surface area contributed by atoms with Gasteiger partial charge >= 0.3 is 0 Å². The second-order valence-corrected chi connectivity index (χ2v) is 10.1. The molecule has 0 fully saturated rings. The summed E-state index contributed by atoms with van der Waals surface area (Å²) in [5, 5.41) is 2.96. The minimum absolute atomic E-state index is 0.0584. The third-order valence-corrected chi connectivity index (χ3v) is 7.27. The smallest absolute Gasteiger partial charge is 0.241 e. The summed E-state index contributed by atoms with van der Waals surface area (Å²) >= 11 is 1.58. The number of amides is 1. The zero-order chi connectivity index (χ0) is 22.0. The number of carbonyl (C=O) groups is 1. The van der Waals surface area contributed by atoms with E-state index >= 15 is 0 Å². The molecule has 1 amide bonds. The maximum Gasteiger partial charge on any atom is 0.241 e. The van der Waals surface area contributed by atoms with Gasteiger partial charge in [-0.15, -0.1) is 0 Å².